The maximum atomic E-state index is 5.62. The Morgan fingerprint density at radius 2 is 1.87 bits per heavy atom. The molecule has 84 valence electrons. The van der Waals surface area contributed by atoms with Crippen molar-refractivity contribution in [1.29, 1.82) is 0 Å². The summed E-state index contributed by atoms with van der Waals surface area (Å²) in [4.78, 5) is 0. The molecule has 0 unspecified atom stereocenters. The van der Waals surface area contributed by atoms with Crippen molar-refractivity contribution in [3.8, 4) is 0 Å². The molecule has 1 nitrogen and oxygen atoms in total. The minimum absolute atomic E-state index is 0.593. The molecule has 0 atom stereocenters. The average Bonchev–Trinajstić information content (AvgIpc) is 2.17. The van der Waals surface area contributed by atoms with E-state index in [0.29, 0.717) is 11.8 Å². The van der Waals surface area contributed by atoms with Crippen LogP contribution in [0.4, 0.5) is 0 Å². The lowest BCUT2D eigenvalue weighted by Gasteiger charge is -2.09. The molecule has 15 heavy (non-hydrogen) atoms. The van der Waals surface area contributed by atoms with Gasteiger partial charge >= 0.3 is 0 Å². The molecule has 1 rings (SSSR count). The molecule has 0 saturated carbocycles. The van der Waals surface area contributed by atoms with Crippen LogP contribution in [-0.2, 0) is 11.3 Å². The molecule has 0 saturated heterocycles. The smallest absolute Gasteiger partial charge is 0.0717 e. The molecule has 0 amide bonds. The van der Waals surface area contributed by atoms with Crippen molar-refractivity contribution in [2.75, 3.05) is 6.61 Å². The monoisotopic (exact) mass is 206 g/mol. The molecule has 1 aromatic carbocycles. The Balaban J connectivity index is 2.50. The van der Waals surface area contributed by atoms with Crippen molar-refractivity contribution in [2.45, 2.75) is 40.2 Å². The number of hydrogen-bond donors (Lipinski definition) is 0. The van der Waals surface area contributed by atoms with Crippen LogP contribution in [0.3, 0.4) is 0 Å². The molecule has 0 aliphatic carbocycles. The second kappa shape index (κ2) is 5.92. The highest BCUT2D eigenvalue weighted by Gasteiger charge is 2.01. The molecule has 0 radical (unpaired) electrons. The van der Waals surface area contributed by atoms with Gasteiger partial charge in [-0.1, -0.05) is 52.0 Å². The van der Waals surface area contributed by atoms with Crippen LogP contribution < -0.4 is 0 Å². The van der Waals surface area contributed by atoms with Crippen LogP contribution in [0.15, 0.2) is 24.3 Å². The van der Waals surface area contributed by atoms with Crippen molar-refractivity contribution in [1.82, 2.24) is 0 Å². The van der Waals surface area contributed by atoms with Crippen LogP contribution in [-0.4, -0.2) is 6.61 Å². The summed E-state index contributed by atoms with van der Waals surface area (Å²) in [7, 11) is 0. The van der Waals surface area contributed by atoms with Crippen molar-refractivity contribution in [2.24, 2.45) is 5.92 Å². The zero-order valence-electron chi connectivity index (χ0n) is 10.3. The van der Waals surface area contributed by atoms with E-state index in [-0.39, 0.29) is 0 Å². The van der Waals surface area contributed by atoms with Crippen LogP contribution >= 0.6 is 0 Å². The van der Waals surface area contributed by atoms with E-state index < -0.39 is 0 Å². The van der Waals surface area contributed by atoms with Gasteiger partial charge in [0.2, 0.25) is 0 Å². The van der Waals surface area contributed by atoms with Gasteiger partial charge in [0.25, 0.3) is 0 Å². The lowest BCUT2D eigenvalue weighted by Crippen LogP contribution is -2.02. The van der Waals surface area contributed by atoms with E-state index in [2.05, 4.69) is 52.0 Å². The lowest BCUT2D eigenvalue weighted by atomic mass is 10.0. The Hall–Kier alpha value is -0.820. The van der Waals surface area contributed by atoms with Crippen molar-refractivity contribution >= 4 is 0 Å². The van der Waals surface area contributed by atoms with Crippen molar-refractivity contribution in [3.05, 3.63) is 35.4 Å². The van der Waals surface area contributed by atoms with Gasteiger partial charge in [0, 0.05) is 6.61 Å². The standard InChI is InChI=1S/C14H22O/c1-11(2)9-15-10-13-6-5-7-14(8-13)12(3)4/h5-8,11-12H,9-10H2,1-4H3. The molecular formula is C14H22O. The number of hydrogen-bond acceptors (Lipinski definition) is 1. The van der Waals surface area contributed by atoms with Gasteiger partial charge in [-0.15, -0.1) is 0 Å². The Bertz CT molecular complexity index is 289. The topological polar surface area (TPSA) is 9.23 Å². The summed E-state index contributed by atoms with van der Waals surface area (Å²) in [6.07, 6.45) is 0. The fourth-order valence-electron chi connectivity index (χ4n) is 1.45. The number of benzene rings is 1. The molecular weight excluding hydrogens is 184 g/mol. The predicted octanol–water partition coefficient (Wildman–Crippen LogP) is 3.98. The van der Waals surface area contributed by atoms with Gasteiger partial charge in [-0.25, -0.2) is 0 Å². The molecule has 0 aliphatic rings. The largest absolute Gasteiger partial charge is 0.377 e. The van der Waals surface area contributed by atoms with Gasteiger partial charge in [0.05, 0.1) is 6.61 Å². The third-order valence-electron chi connectivity index (χ3n) is 2.34. The zero-order chi connectivity index (χ0) is 11.3. The third-order valence-corrected chi connectivity index (χ3v) is 2.34. The Morgan fingerprint density at radius 3 is 2.47 bits per heavy atom. The first-order chi connectivity index (χ1) is 7.09. The fourth-order valence-corrected chi connectivity index (χ4v) is 1.45. The third kappa shape index (κ3) is 4.48. The Kier molecular flexibility index (Phi) is 4.83. The summed E-state index contributed by atoms with van der Waals surface area (Å²) in [6, 6.07) is 8.66. The van der Waals surface area contributed by atoms with Gasteiger partial charge in [-0.2, -0.15) is 0 Å². The van der Waals surface area contributed by atoms with Gasteiger partial charge in [-0.05, 0) is 23.0 Å². The van der Waals surface area contributed by atoms with Crippen LogP contribution in [0.25, 0.3) is 0 Å². The Morgan fingerprint density at radius 1 is 1.13 bits per heavy atom. The molecule has 0 heterocycles. The molecule has 0 aromatic heterocycles. The van der Waals surface area contributed by atoms with Crippen molar-refractivity contribution < 1.29 is 4.74 Å². The highest BCUT2D eigenvalue weighted by atomic mass is 16.5. The summed E-state index contributed by atoms with van der Waals surface area (Å²) in [6.45, 7) is 10.3. The summed E-state index contributed by atoms with van der Waals surface area (Å²) in [5.74, 6) is 1.20. The Labute approximate surface area is 93.5 Å². The predicted molar refractivity (Wildman–Crippen MR) is 65.0 cm³/mol. The van der Waals surface area contributed by atoms with Crippen LogP contribution in [0.1, 0.15) is 44.7 Å². The average molecular weight is 206 g/mol. The molecule has 0 aliphatic heterocycles. The summed E-state index contributed by atoms with van der Waals surface area (Å²) >= 11 is 0. The SMILES string of the molecule is CC(C)COCc1cccc(C(C)C)c1. The second-order valence-electron chi connectivity index (χ2n) is 4.81. The first kappa shape index (κ1) is 12.3. The minimum atomic E-state index is 0.593. The summed E-state index contributed by atoms with van der Waals surface area (Å²) in [5, 5.41) is 0. The fraction of sp³-hybridized carbons (Fsp3) is 0.571. The highest BCUT2D eigenvalue weighted by Crippen LogP contribution is 2.16. The quantitative estimate of drug-likeness (QED) is 0.708. The van der Waals surface area contributed by atoms with E-state index in [0.717, 1.165) is 13.2 Å². The minimum Gasteiger partial charge on any atom is -0.377 e. The van der Waals surface area contributed by atoms with Crippen LogP contribution in [0, 0.1) is 5.92 Å². The van der Waals surface area contributed by atoms with Gasteiger partial charge in [0.15, 0.2) is 0 Å². The van der Waals surface area contributed by atoms with Gasteiger partial charge < -0.3 is 4.74 Å². The maximum Gasteiger partial charge on any atom is 0.0717 e. The lowest BCUT2D eigenvalue weighted by molar-refractivity contribution is 0.0970. The normalized spacial score (nSPS) is 11.3. The van der Waals surface area contributed by atoms with E-state index in [1.807, 2.05) is 0 Å². The molecule has 0 spiro atoms. The zero-order valence-corrected chi connectivity index (χ0v) is 10.3. The second-order valence-corrected chi connectivity index (χ2v) is 4.81. The number of ether oxygens (including phenoxy) is 1. The maximum absolute atomic E-state index is 5.62. The molecule has 1 heteroatoms. The van der Waals surface area contributed by atoms with E-state index in [9.17, 15) is 0 Å². The molecule has 0 N–H and O–H groups in total. The molecule has 0 fully saturated rings. The van der Waals surface area contributed by atoms with Crippen molar-refractivity contribution in [3.63, 3.8) is 0 Å². The van der Waals surface area contributed by atoms with Crippen LogP contribution in [0.5, 0.6) is 0 Å². The van der Waals surface area contributed by atoms with E-state index >= 15 is 0 Å². The summed E-state index contributed by atoms with van der Waals surface area (Å²) in [5.41, 5.74) is 2.67. The van der Waals surface area contributed by atoms with Gasteiger partial charge in [-0.3, -0.25) is 0 Å². The van der Waals surface area contributed by atoms with Crippen LogP contribution in [0.2, 0.25) is 0 Å². The van der Waals surface area contributed by atoms with E-state index in [4.69, 9.17) is 4.74 Å². The van der Waals surface area contributed by atoms with E-state index in [1.165, 1.54) is 11.1 Å². The summed E-state index contributed by atoms with van der Waals surface area (Å²) < 4.78 is 5.62. The highest BCUT2D eigenvalue weighted by molar-refractivity contribution is 5.25. The first-order valence-corrected chi connectivity index (χ1v) is 5.76. The molecule has 1 aromatic rings. The van der Waals surface area contributed by atoms with E-state index in [1.54, 1.807) is 0 Å². The first-order valence-electron chi connectivity index (χ1n) is 5.76. The number of rotatable bonds is 5. The van der Waals surface area contributed by atoms with Gasteiger partial charge in [0.1, 0.15) is 0 Å². The molecule has 0 bridgehead atoms.